The molecule has 0 bridgehead atoms. The van der Waals surface area contributed by atoms with Gasteiger partial charge in [0, 0.05) is 34.8 Å². The van der Waals surface area contributed by atoms with Gasteiger partial charge in [-0.05, 0) is 48.4 Å². The molecule has 2 saturated carbocycles. The molecule has 4 rings (SSSR count). The second-order valence-electron chi connectivity index (χ2n) is 7.20. The normalized spacial score (nSPS) is 27.0. The number of rotatable bonds is 2. The summed E-state index contributed by atoms with van der Waals surface area (Å²) in [5, 5.41) is 4.21. The van der Waals surface area contributed by atoms with Crippen LogP contribution in [0.4, 0.5) is 5.69 Å². The molecular formula is C19H19NO3. The molecule has 2 atom stereocenters. The van der Waals surface area contributed by atoms with Crippen molar-refractivity contribution in [3.63, 3.8) is 0 Å². The summed E-state index contributed by atoms with van der Waals surface area (Å²) in [6.07, 6.45) is 0.675. The number of nitrogens with one attached hydrogen (secondary N) is 1. The average Bonchev–Trinajstić information content (AvgIpc) is 2.84. The number of carbonyl (C=O) groups is 1. The third-order valence-corrected chi connectivity index (χ3v) is 5.42. The Morgan fingerprint density at radius 2 is 2.00 bits per heavy atom. The van der Waals surface area contributed by atoms with Crippen LogP contribution in [0, 0.1) is 17.3 Å². The lowest BCUT2D eigenvalue weighted by Gasteiger charge is -2.14. The molecule has 2 aliphatic rings. The number of fused-ring (bicyclic) bond motifs is 2. The molecule has 2 aromatic rings. The maximum absolute atomic E-state index is 12.2. The first-order valence-electron chi connectivity index (χ1n) is 7.93. The monoisotopic (exact) mass is 309 g/mol. The number of hydrogen-bond acceptors (Lipinski definition) is 4. The fourth-order valence-corrected chi connectivity index (χ4v) is 4.06. The van der Waals surface area contributed by atoms with Gasteiger partial charge in [-0.15, -0.1) is 0 Å². The minimum absolute atomic E-state index is 0.249. The first kappa shape index (κ1) is 14.2. The molecule has 2 fully saturated rings. The minimum atomic E-state index is -0.352. The van der Waals surface area contributed by atoms with E-state index in [9.17, 15) is 9.59 Å². The predicted octanol–water partition coefficient (Wildman–Crippen LogP) is 3.72. The van der Waals surface area contributed by atoms with Gasteiger partial charge in [0.15, 0.2) is 5.78 Å². The predicted molar refractivity (Wildman–Crippen MR) is 89.2 cm³/mol. The molecule has 0 unspecified atom stereocenters. The Kier molecular flexibility index (Phi) is 2.83. The molecule has 23 heavy (non-hydrogen) atoms. The van der Waals surface area contributed by atoms with Crippen LogP contribution < -0.4 is 10.9 Å². The number of anilines is 1. The SMILES string of the molecule is CC(Nc1ccc2oc(=O)ccc2c1)=C1C(=O)C[C@@H]2[C@H]1C2(C)C. The maximum atomic E-state index is 12.2. The van der Waals surface area contributed by atoms with Gasteiger partial charge < -0.3 is 9.73 Å². The van der Waals surface area contributed by atoms with Crippen molar-refractivity contribution >= 4 is 22.4 Å². The van der Waals surface area contributed by atoms with Gasteiger partial charge in [-0.2, -0.15) is 0 Å². The highest BCUT2D eigenvalue weighted by atomic mass is 16.4. The number of benzene rings is 1. The van der Waals surface area contributed by atoms with Crippen LogP contribution in [0.15, 0.2) is 50.8 Å². The number of Topliss-reactive ketones (excluding diaryl/α,β-unsaturated/α-hetero) is 1. The Hall–Kier alpha value is -2.36. The van der Waals surface area contributed by atoms with Crippen molar-refractivity contribution in [2.24, 2.45) is 17.3 Å². The van der Waals surface area contributed by atoms with E-state index in [1.54, 1.807) is 12.1 Å². The van der Waals surface area contributed by atoms with Crippen LogP contribution in [0.25, 0.3) is 11.0 Å². The van der Waals surface area contributed by atoms with Crippen LogP contribution in [0.5, 0.6) is 0 Å². The molecular weight excluding hydrogens is 290 g/mol. The fraction of sp³-hybridized carbons (Fsp3) is 0.368. The lowest BCUT2D eigenvalue weighted by Crippen LogP contribution is -2.12. The zero-order valence-electron chi connectivity index (χ0n) is 13.5. The first-order chi connectivity index (χ1) is 10.9. The highest BCUT2D eigenvalue weighted by Gasteiger charge is 2.65. The van der Waals surface area contributed by atoms with E-state index in [0.717, 1.165) is 22.3 Å². The summed E-state index contributed by atoms with van der Waals surface area (Å²) in [5.41, 5.74) is 3.25. The molecule has 0 aliphatic heterocycles. The molecule has 0 saturated heterocycles. The zero-order chi connectivity index (χ0) is 16.4. The summed E-state index contributed by atoms with van der Waals surface area (Å²) in [6, 6.07) is 8.73. The molecule has 1 heterocycles. The van der Waals surface area contributed by atoms with Crippen molar-refractivity contribution in [3.8, 4) is 0 Å². The fourth-order valence-electron chi connectivity index (χ4n) is 4.06. The molecule has 1 aromatic heterocycles. The van der Waals surface area contributed by atoms with E-state index in [1.165, 1.54) is 6.07 Å². The van der Waals surface area contributed by atoms with Crippen LogP contribution in [0.1, 0.15) is 27.2 Å². The largest absolute Gasteiger partial charge is 0.423 e. The van der Waals surface area contributed by atoms with E-state index in [1.807, 2.05) is 19.1 Å². The van der Waals surface area contributed by atoms with Gasteiger partial charge in [-0.25, -0.2) is 4.79 Å². The van der Waals surface area contributed by atoms with Crippen LogP contribution in [-0.4, -0.2) is 5.78 Å². The van der Waals surface area contributed by atoms with Crippen LogP contribution in [0.3, 0.4) is 0 Å². The van der Waals surface area contributed by atoms with E-state index in [4.69, 9.17) is 4.42 Å². The third kappa shape index (κ3) is 2.12. The van der Waals surface area contributed by atoms with Crippen LogP contribution in [0.2, 0.25) is 0 Å². The molecule has 1 aromatic carbocycles. The summed E-state index contributed by atoms with van der Waals surface area (Å²) >= 11 is 0. The first-order valence-corrected chi connectivity index (χ1v) is 7.93. The summed E-state index contributed by atoms with van der Waals surface area (Å²) in [7, 11) is 0. The quantitative estimate of drug-likeness (QED) is 0.678. The average molecular weight is 309 g/mol. The van der Waals surface area contributed by atoms with Crippen molar-refractivity contribution in [2.75, 3.05) is 5.32 Å². The van der Waals surface area contributed by atoms with Crippen molar-refractivity contribution < 1.29 is 9.21 Å². The molecule has 0 amide bonds. The Bertz CT molecular complexity index is 920. The Morgan fingerprint density at radius 1 is 1.22 bits per heavy atom. The van der Waals surface area contributed by atoms with Crippen molar-refractivity contribution in [1.29, 1.82) is 0 Å². The zero-order valence-corrected chi connectivity index (χ0v) is 13.5. The molecule has 0 spiro atoms. The summed E-state index contributed by atoms with van der Waals surface area (Å²) in [5.74, 6) is 1.17. The standard InChI is InChI=1S/C19H19NO3/c1-10(17-14(21)9-13-18(17)19(13,2)3)20-12-5-6-15-11(8-12)4-7-16(22)23-15/h4-8,13,18,20H,9H2,1-3H3/t13-,18-/m1/s1. The van der Waals surface area contributed by atoms with E-state index < -0.39 is 0 Å². The van der Waals surface area contributed by atoms with E-state index in [-0.39, 0.29) is 16.8 Å². The number of hydrogen-bond donors (Lipinski definition) is 1. The van der Waals surface area contributed by atoms with Crippen molar-refractivity contribution in [2.45, 2.75) is 27.2 Å². The Labute approximate surface area is 134 Å². The van der Waals surface area contributed by atoms with Gasteiger partial charge >= 0.3 is 5.63 Å². The molecule has 4 heteroatoms. The minimum Gasteiger partial charge on any atom is -0.423 e. The van der Waals surface area contributed by atoms with Crippen LogP contribution in [-0.2, 0) is 4.79 Å². The van der Waals surface area contributed by atoms with Gasteiger partial charge in [0.2, 0.25) is 0 Å². The molecule has 1 N–H and O–H groups in total. The summed E-state index contributed by atoms with van der Waals surface area (Å²) in [6.45, 7) is 6.44. The van der Waals surface area contributed by atoms with Gasteiger partial charge in [0.05, 0.1) is 0 Å². The third-order valence-electron chi connectivity index (χ3n) is 5.42. The van der Waals surface area contributed by atoms with E-state index in [2.05, 4.69) is 19.2 Å². The van der Waals surface area contributed by atoms with Crippen molar-refractivity contribution in [3.05, 3.63) is 52.0 Å². The van der Waals surface area contributed by atoms with E-state index in [0.29, 0.717) is 23.8 Å². The lowest BCUT2D eigenvalue weighted by atomic mass is 9.95. The second-order valence-corrected chi connectivity index (χ2v) is 7.20. The molecule has 4 nitrogen and oxygen atoms in total. The summed E-state index contributed by atoms with van der Waals surface area (Å²) in [4.78, 5) is 23.5. The molecule has 118 valence electrons. The lowest BCUT2D eigenvalue weighted by molar-refractivity contribution is -0.115. The highest BCUT2D eigenvalue weighted by molar-refractivity contribution is 6.01. The maximum Gasteiger partial charge on any atom is 0.336 e. The van der Waals surface area contributed by atoms with Gasteiger partial charge in [0.1, 0.15) is 5.58 Å². The van der Waals surface area contributed by atoms with Crippen LogP contribution >= 0.6 is 0 Å². The Balaban J connectivity index is 1.67. The van der Waals surface area contributed by atoms with Gasteiger partial charge in [-0.1, -0.05) is 13.8 Å². The molecule has 0 radical (unpaired) electrons. The number of carbonyl (C=O) groups excluding carboxylic acids is 1. The summed E-state index contributed by atoms with van der Waals surface area (Å²) < 4.78 is 5.14. The highest BCUT2D eigenvalue weighted by Crippen LogP contribution is 2.68. The van der Waals surface area contributed by atoms with Gasteiger partial charge in [0.25, 0.3) is 0 Å². The Morgan fingerprint density at radius 3 is 2.74 bits per heavy atom. The smallest absolute Gasteiger partial charge is 0.336 e. The van der Waals surface area contributed by atoms with Gasteiger partial charge in [-0.3, -0.25) is 4.79 Å². The second kappa shape index (κ2) is 4.57. The number of ketones is 1. The number of allylic oxidation sites excluding steroid dienone is 2. The van der Waals surface area contributed by atoms with E-state index >= 15 is 0 Å². The molecule has 2 aliphatic carbocycles. The van der Waals surface area contributed by atoms with Crippen molar-refractivity contribution in [1.82, 2.24) is 0 Å². The topological polar surface area (TPSA) is 59.3 Å².